The fourth-order valence-electron chi connectivity index (χ4n) is 1.01. The van der Waals surface area contributed by atoms with Gasteiger partial charge in [0.15, 0.2) is 4.47 Å². The minimum Gasteiger partial charge on any atom is -0.225 e. The summed E-state index contributed by atoms with van der Waals surface area (Å²) in [4.78, 5) is 4.18. The number of benzene rings is 1. The van der Waals surface area contributed by atoms with Gasteiger partial charge in [0.2, 0.25) is 0 Å². The molecule has 2 aromatic rings. The molecule has 0 amide bonds. The van der Waals surface area contributed by atoms with Gasteiger partial charge in [-0.3, -0.25) is 0 Å². The van der Waals surface area contributed by atoms with Crippen molar-refractivity contribution in [2.45, 2.75) is 0 Å². The minimum absolute atomic E-state index is 0.581. The molecule has 1 aromatic carbocycles. The Morgan fingerprint density at radius 2 is 1.92 bits per heavy atom. The van der Waals surface area contributed by atoms with Crippen LogP contribution in [0.25, 0.3) is 11.3 Å². The maximum atomic E-state index is 5.74. The van der Waals surface area contributed by atoms with Crippen LogP contribution in [0.4, 0.5) is 0 Å². The van der Waals surface area contributed by atoms with Gasteiger partial charge in [-0.25, -0.2) is 4.98 Å². The highest BCUT2D eigenvalue weighted by Crippen LogP contribution is 2.25. The first-order chi connectivity index (χ1) is 6.25. The molecule has 0 N–H and O–H groups in total. The lowest BCUT2D eigenvalue weighted by Crippen LogP contribution is -1.75. The van der Waals surface area contributed by atoms with Crippen LogP contribution in [0.2, 0.25) is 4.47 Å². The number of rotatable bonds is 1. The van der Waals surface area contributed by atoms with E-state index in [1.807, 2.05) is 29.6 Å². The maximum Gasteiger partial charge on any atom is 0.184 e. The predicted molar refractivity (Wildman–Crippen MR) is 60.3 cm³/mol. The van der Waals surface area contributed by atoms with E-state index in [2.05, 4.69) is 20.9 Å². The highest BCUT2D eigenvalue weighted by molar-refractivity contribution is 9.10. The highest BCUT2D eigenvalue weighted by atomic mass is 79.9. The molecule has 0 aliphatic rings. The maximum absolute atomic E-state index is 5.74. The summed E-state index contributed by atoms with van der Waals surface area (Å²) in [6.07, 6.45) is 0. The van der Waals surface area contributed by atoms with Gasteiger partial charge in [0, 0.05) is 15.4 Å². The molecule has 0 spiro atoms. The van der Waals surface area contributed by atoms with Crippen LogP contribution in [0.15, 0.2) is 34.1 Å². The molecule has 2 rings (SSSR count). The number of halogens is 2. The monoisotopic (exact) mass is 273 g/mol. The molecular weight excluding hydrogens is 270 g/mol. The topological polar surface area (TPSA) is 12.9 Å². The second kappa shape index (κ2) is 3.78. The molecular formula is C9H5BrClNS. The fraction of sp³-hybridized carbons (Fsp3) is 0. The predicted octanol–water partition coefficient (Wildman–Crippen LogP) is 4.23. The van der Waals surface area contributed by atoms with Gasteiger partial charge in [0.1, 0.15) is 0 Å². The molecule has 1 nitrogen and oxygen atoms in total. The van der Waals surface area contributed by atoms with E-state index in [4.69, 9.17) is 11.6 Å². The summed E-state index contributed by atoms with van der Waals surface area (Å²) in [5, 5.41) is 1.95. The molecule has 0 saturated carbocycles. The van der Waals surface area contributed by atoms with Crippen LogP contribution in [0.3, 0.4) is 0 Å². The van der Waals surface area contributed by atoms with Crippen LogP contribution in [-0.2, 0) is 0 Å². The van der Waals surface area contributed by atoms with Crippen molar-refractivity contribution in [1.29, 1.82) is 0 Å². The van der Waals surface area contributed by atoms with Gasteiger partial charge in [-0.05, 0) is 12.1 Å². The Labute approximate surface area is 93.5 Å². The molecule has 66 valence electrons. The second-order valence-corrected chi connectivity index (χ2v) is 4.85. The second-order valence-electron chi connectivity index (χ2n) is 2.49. The standard InChI is InChI=1S/C9H5BrClNS/c10-7-3-1-6(2-4-7)8-5-13-9(11)12-8/h1-5H. The normalized spacial score (nSPS) is 10.3. The quantitative estimate of drug-likeness (QED) is 0.758. The van der Waals surface area contributed by atoms with Crippen molar-refractivity contribution >= 4 is 38.9 Å². The smallest absolute Gasteiger partial charge is 0.184 e. The summed E-state index contributed by atoms with van der Waals surface area (Å²) in [6.45, 7) is 0. The zero-order valence-corrected chi connectivity index (χ0v) is 9.66. The summed E-state index contributed by atoms with van der Waals surface area (Å²) in [5.41, 5.74) is 2.02. The molecule has 0 fully saturated rings. The molecule has 0 unspecified atom stereocenters. The molecule has 1 heterocycles. The number of nitrogens with zero attached hydrogens (tertiary/aromatic N) is 1. The van der Waals surface area contributed by atoms with Crippen LogP contribution in [0.5, 0.6) is 0 Å². The van der Waals surface area contributed by atoms with Gasteiger partial charge in [-0.2, -0.15) is 0 Å². The Bertz CT molecular complexity index is 410. The molecule has 0 bridgehead atoms. The Balaban J connectivity index is 2.41. The Hall–Kier alpha value is -0.380. The first kappa shape index (κ1) is 9.19. The van der Waals surface area contributed by atoms with E-state index in [-0.39, 0.29) is 0 Å². The van der Waals surface area contributed by atoms with E-state index in [0.717, 1.165) is 15.7 Å². The van der Waals surface area contributed by atoms with Crippen LogP contribution in [-0.4, -0.2) is 4.98 Å². The van der Waals surface area contributed by atoms with Gasteiger partial charge in [-0.15, -0.1) is 11.3 Å². The highest BCUT2D eigenvalue weighted by Gasteiger charge is 2.01. The zero-order valence-electron chi connectivity index (χ0n) is 6.50. The number of hydrogen-bond donors (Lipinski definition) is 0. The van der Waals surface area contributed by atoms with E-state index in [0.29, 0.717) is 4.47 Å². The number of aromatic nitrogens is 1. The van der Waals surface area contributed by atoms with Crippen molar-refractivity contribution in [3.05, 3.63) is 38.6 Å². The molecule has 0 atom stereocenters. The van der Waals surface area contributed by atoms with Gasteiger partial charge in [-0.1, -0.05) is 39.7 Å². The van der Waals surface area contributed by atoms with Crippen molar-refractivity contribution < 1.29 is 0 Å². The van der Waals surface area contributed by atoms with E-state index in [1.54, 1.807) is 0 Å². The summed E-state index contributed by atoms with van der Waals surface area (Å²) in [7, 11) is 0. The molecule has 4 heteroatoms. The summed E-state index contributed by atoms with van der Waals surface area (Å²) < 4.78 is 1.65. The zero-order chi connectivity index (χ0) is 9.26. The Kier molecular flexibility index (Phi) is 2.67. The lowest BCUT2D eigenvalue weighted by atomic mass is 10.2. The van der Waals surface area contributed by atoms with Gasteiger partial charge >= 0.3 is 0 Å². The van der Waals surface area contributed by atoms with Crippen molar-refractivity contribution in [3.8, 4) is 11.3 Å². The molecule has 0 radical (unpaired) electrons. The van der Waals surface area contributed by atoms with Crippen LogP contribution in [0, 0.1) is 0 Å². The van der Waals surface area contributed by atoms with Gasteiger partial charge < -0.3 is 0 Å². The SMILES string of the molecule is Clc1nc(-c2ccc(Br)cc2)cs1. The van der Waals surface area contributed by atoms with Crippen LogP contribution < -0.4 is 0 Å². The summed E-state index contributed by atoms with van der Waals surface area (Å²) in [5.74, 6) is 0. The lowest BCUT2D eigenvalue weighted by molar-refractivity contribution is 1.41. The minimum atomic E-state index is 0.581. The molecule has 0 aliphatic carbocycles. The summed E-state index contributed by atoms with van der Waals surface area (Å²) >= 11 is 10.6. The van der Waals surface area contributed by atoms with Crippen LogP contribution in [0.1, 0.15) is 0 Å². The first-order valence-corrected chi connectivity index (χ1v) is 5.68. The van der Waals surface area contributed by atoms with E-state index in [9.17, 15) is 0 Å². The van der Waals surface area contributed by atoms with E-state index in [1.165, 1.54) is 11.3 Å². The third-order valence-corrected chi connectivity index (χ3v) is 3.12. The van der Waals surface area contributed by atoms with Crippen molar-refractivity contribution in [1.82, 2.24) is 4.98 Å². The van der Waals surface area contributed by atoms with E-state index >= 15 is 0 Å². The largest absolute Gasteiger partial charge is 0.225 e. The molecule has 0 aliphatic heterocycles. The number of thiazole rings is 1. The Morgan fingerprint density at radius 3 is 2.46 bits per heavy atom. The van der Waals surface area contributed by atoms with E-state index < -0.39 is 0 Å². The molecule has 1 aromatic heterocycles. The summed E-state index contributed by atoms with van der Waals surface area (Å²) in [6, 6.07) is 8.00. The van der Waals surface area contributed by atoms with Crippen molar-refractivity contribution in [2.24, 2.45) is 0 Å². The molecule has 13 heavy (non-hydrogen) atoms. The lowest BCUT2D eigenvalue weighted by Gasteiger charge is -1.95. The molecule has 0 saturated heterocycles. The Morgan fingerprint density at radius 1 is 1.23 bits per heavy atom. The third kappa shape index (κ3) is 2.10. The fourth-order valence-corrected chi connectivity index (χ4v) is 2.04. The number of hydrogen-bond acceptors (Lipinski definition) is 2. The van der Waals surface area contributed by atoms with Gasteiger partial charge in [0.25, 0.3) is 0 Å². The van der Waals surface area contributed by atoms with Crippen LogP contribution >= 0.6 is 38.9 Å². The van der Waals surface area contributed by atoms with Crippen molar-refractivity contribution in [3.63, 3.8) is 0 Å². The average molecular weight is 275 g/mol. The van der Waals surface area contributed by atoms with Gasteiger partial charge in [0.05, 0.1) is 5.69 Å². The first-order valence-electron chi connectivity index (χ1n) is 3.63. The van der Waals surface area contributed by atoms with Crippen molar-refractivity contribution in [2.75, 3.05) is 0 Å². The average Bonchev–Trinajstić information content (AvgIpc) is 2.53. The third-order valence-electron chi connectivity index (χ3n) is 1.62.